The maximum atomic E-state index is 13.7. The van der Waals surface area contributed by atoms with E-state index in [1.54, 1.807) is 18.2 Å². The van der Waals surface area contributed by atoms with Gasteiger partial charge in [-0.15, -0.1) is 0 Å². The van der Waals surface area contributed by atoms with Crippen LogP contribution in [0.5, 0.6) is 5.75 Å². The third kappa shape index (κ3) is 9.78. The Morgan fingerprint density at radius 2 is 1.97 bits per heavy atom. The number of hydrogen-bond acceptors (Lipinski definition) is 10. The quantitative estimate of drug-likeness (QED) is 0.0906. The van der Waals surface area contributed by atoms with E-state index in [0.717, 1.165) is 16.8 Å². The number of ether oxygens (including phenoxy) is 2. The summed E-state index contributed by atoms with van der Waals surface area (Å²) in [6.07, 6.45) is -2.00. The monoisotopic (exact) mass is 554 g/mol. The fourth-order valence-electron chi connectivity index (χ4n) is 2.95. The first-order chi connectivity index (χ1) is 18.1. The summed E-state index contributed by atoms with van der Waals surface area (Å²) in [6.45, 7) is 3.84. The molecule has 0 amide bonds. The highest BCUT2D eigenvalue weighted by molar-refractivity contribution is 7.52. The van der Waals surface area contributed by atoms with Gasteiger partial charge in [0, 0.05) is 17.2 Å². The smallest absolute Gasteiger partial charge is 0.459 e. The Balaban J connectivity index is 2.27. The van der Waals surface area contributed by atoms with Gasteiger partial charge in [0.15, 0.2) is 0 Å². The Bertz CT molecular complexity index is 1250. The van der Waals surface area contributed by atoms with E-state index >= 15 is 0 Å². The number of hydrogen-bond donors (Lipinski definition) is 3. The molecule has 1 aromatic heterocycles. The van der Waals surface area contributed by atoms with E-state index < -0.39 is 56.0 Å². The van der Waals surface area contributed by atoms with Crippen LogP contribution in [0, 0.1) is 0 Å². The number of nitrogens with zero attached hydrogens (tertiary/aromatic N) is 4. The molecule has 0 aliphatic carbocycles. The molecule has 0 saturated carbocycles. The van der Waals surface area contributed by atoms with Gasteiger partial charge in [0.1, 0.15) is 24.1 Å². The zero-order valence-corrected chi connectivity index (χ0v) is 22.0. The molecule has 0 fully saturated rings. The number of benzene rings is 1. The Morgan fingerprint density at radius 3 is 2.58 bits per heavy atom. The van der Waals surface area contributed by atoms with E-state index in [2.05, 4.69) is 20.1 Å². The zero-order valence-electron chi connectivity index (χ0n) is 21.1. The molecule has 0 radical (unpaired) electrons. The Morgan fingerprint density at radius 1 is 1.26 bits per heavy atom. The van der Waals surface area contributed by atoms with Gasteiger partial charge in [-0.25, -0.2) is 9.36 Å². The second-order valence-corrected chi connectivity index (χ2v) is 9.71. The summed E-state index contributed by atoms with van der Waals surface area (Å²) in [5, 5.41) is 16.2. The van der Waals surface area contributed by atoms with Crippen LogP contribution in [0.1, 0.15) is 33.4 Å². The molecule has 38 heavy (non-hydrogen) atoms. The molecule has 2 unspecified atom stereocenters. The molecule has 16 heteroatoms. The van der Waals surface area contributed by atoms with Crippen molar-refractivity contribution in [1.82, 2.24) is 14.6 Å². The van der Waals surface area contributed by atoms with Gasteiger partial charge in [0.05, 0.1) is 25.9 Å². The molecule has 2 aromatic rings. The number of esters is 1. The van der Waals surface area contributed by atoms with Crippen molar-refractivity contribution in [2.75, 3.05) is 19.8 Å². The van der Waals surface area contributed by atoms with Crippen LogP contribution in [-0.2, 0) is 23.4 Å². The number of nitrogens with one attached hydrogen (secondary N) is 2. The average molecular weight is 554 g/mol. The van der Waals surface area contributed by atoms with Crippen LogP contribution >= 0.6 is 7.75 Å². The summed E-state index contributed by atoms with van der Waals surface area (Å²) in [7, 11) is -4.27. The first kappa shape index (κ1) is 30.8. The molecule has 15 nitrogen and oxygen atoms in total. The predicted octanol–water partition coefficient (Wildman–Crippen LogP) is 2.25. The molecule has 0 aliphatic heterocycles. The number of H-pyrrole nitrogens is 1. The molecule has 3 N–H and O–H groups in total. The van der Waals surface area contributed by atoms with Gasteiger partial charge in [-0.1, -0.05) is 30.2 Å². The second-order valence-electron chi connectivity index (χ2n) is 8.02. The van der Waals surface area contributed by atoms with Crippen LogP contribution < -0.4 is 20.9 Å². The summed E-state index contributed by atoms with van der Waals surface area (Å²) in [6, 6.07) is 8.03. The van der Waals surface area contributed by atoms with Crippen LogP contribution in [0.3, 0.4) is 0 Å². The van der Waals surface area contributed by atoms with Crippen molar-refractivity contribution >= 4 is 13.7 Å². The Kier molecular flexibility index (Phi) is 12.2. The number of carbonyl (C=O) groups excluding carboxylic acids is 1. The fraction of sp³-hybridized carbons (Fsp3) is 0.500. The lowest BCUT2D eigenvalue weighted by Gasteiger charge is -2.29. The number of aliphatic hydroxyl groups is 1. The van der Waals surface area contributed by atoms with Crippen molar-refractivity contribution in [2.45, 2.75) is 51.7 Å². The van der Waals surface area contributed by atoms with Gasteiger partial charge in [-0.2, -0.15) is 5.09 Å². The van der Waals surface area contributed by atoms with Gasteiger partial charge < -0.3 is 19.1 Å². The van der Waals surface area contributed by atoms with Crippen LogP contribution in [0.15, 0.2) is 57.3 Å². The van der Waals surface area contributed by atoms with Gasteiger partial charge in [0.2, 0.25) is 0 Å². The third-order valence-corrected chi connectivity index (χ3v) is 6.51. The molecular weight excluding hydrogens is 523 g/mol. The van der Waals surface area contributed by atoms with Crippen LogP contribution in [0.4, 0.5) is 0 Å². The largest absolute Gasteiger partial charge is 0.465 e. The molecule has 208 valence electrons. The number of aromatic nitrogens is 2. The molecular formula is C22H31N6O9P. The van der Waals surface area contributed by atoms with E-state index in [0.29, 0.717) is 6.42 Å². The summed E-state index contributed by atoms with van der Waals surface area (Å²) < 4.78 is 36.6. The number of aromatic amines is 1. The predicted molar refractivity (Wildman–Crippen MR) is 135 cm³/mol. The van der Waals surface area contributed by atoms with Gasteiger partial charge in [0.25, 0.3) is 5.56 Å². The number of azide groups is 1. The van der Waals surface area contributed by atoms with Crippen molar-refractivity contribution in [3.63, 3.8) is 0 Å². The first-order valence-corrected chi connectivity index (χ1v) is 13.2. The first-order valence-electron chi connectivity index (χ1n) is 11.7. The number of para-hydroxylation sites is 1. The summed E-state index contributed by atoms with van der Waals surface area (Å²) in [5.74, 6) is -0.504. The maximum absolute atomic E-state index is 13.7. The maximum Gasteiger partial charge on any atom is 0.459 e. The summed E-state index contributed by atoms with van der Waals surface area (Å²) in [4.78, 5) is 40.6. The number of carbonyl (C=O) groups is 1. The molecule has 0 saturated heterocycles. The van der Waals surface area contributed by atoms with Crippen molar-refractivity contribution in [1.29, 1.82) is 0 Å². The van der Waals surface area contributed by atoms with Crippen LogP contribution in [0.2, 0.25) is 0 Å². The summed E-state index contributed by atoms with van der Waals surface area (Å²) in [5.41, 5.74) is 7.24. The second kappa shape index (κ2) is 15.1. The molecule has 5 atom stereocenters. The minimum Gasteiger partial charge on any atom is -0.465 e. The topological polar surface area (TPSA) is 207 Å². The number of aliphatic hydroxyl groups excluding tert-OH is 1. The van der Waals surface area contributed by atoms with Crippen LogP contribution in [-0.4, -0.2) is 58.6 Å². The van der Waals surface area contributed by atoms with Gasteiger partial charge in [-0.05, 0) is 37.9 Å². The number of rotatable bonds is 16. The highest BCUT2D eigenvalue weighted by atomic mass is 31.2. The lowest BCUT2D eigenvalue weighted by Crippen LogP contribution is -2.40. The standard InChI is InChI=1S/C22H31N6O9P/c1-4-12-34-21(31)15(2)26-38(33,37-17-8-6-5-7-9-17)35-14-18(16(3)29)36-20(13-24-27-23)28-11-10-19(30)25-22(28)32/h5-11,15-16,18,20,29H,4,12-14H2,1-3H3,(H,26,33)(H,25,30,32)/t15-,16?,18+,20-,38?/m0/s1. The van der Waals surface area contributed by atoms with Crippen molar-refractivity contribution < 1.29 is 33.0 Å². The van der Waals surface area contributed by atoms with Crippen molar-refractivity contribution in [3.05, 3.63) is 73.9 Å². The van der Waals surface area contributed by atoms with E-state index in [-0.39, 0.29) is 18.9 Å². The molecule has 0 spiro atoms. The Labute approximate surface area is 217 Å². The minimum atomic E-state index is -4.27. The summed E-state index contributed by atoms with van der Waals surface area (Å²) >= 11 is 0. The zero-order chi connectivity index (χ0) is 28.1. The molecule has 0 bridgehead atoms. The van der Waals surface area contributed by atoms with Crippen molar-refractivity contribution in [2.24, 2.45) is 5.11 Å². The molecule has 1 aromatic carbocycles. The van der Waals surface area contributed by atoms with Gasteiger partial charge >= 0.3 is 19.4 Å². The van der Waals surface area contributed by atoms with Gasteiger partial charge in [-0.3, -0.25) is 23.7 Å². The molecule has 0 aliphatic rings. The van der Waals surface area contributed by atoms with Crippen molar-refractivity contribution in [3.8, 4) is 5.75 Å². The normalized spacial score (nSPS) is 15.8. The third-order valence-electron chi connectivity index (χ3n) is 4.86. The van der Waals surface area contributed by atoms with Crippen LogP contribution in [0.25, 0.3) is 10.4 Å². The fourth-order valence-corrected chi connectivity index (χ4v) is 4.45. The highest BCUT2D eigenvalue weighted by Crippen LogP contribution is 2.45. The highest BCUT2D eigenvalue weighted by Gasteiger charge is 2.34. The minimum absolute atomic E-state index is 0.171. The van der Waals surface area contributed by atoms with E-state index in [1.807, 2.05) is 6.92 Å². The van der Waals surface area contributed by atoms with E-state index in [9.17, 15) is 24.1 Å². The lowest BCUT2D eigenvalue weighted by molar-refractivity contribution is -0.145. The lowest BCUT2D eigenvalue weighted by atomic mass is 10.2. The van der Waals surface area contributed by atoms with E-state index in [1.165, 1.54) is 26.0 Å². The SMILES string of the molecule is CCCOC(=O)[C@H](C)NP(=O)(OC[C@@H](O[C@@H](CN=[N+]=[N-])n1ccc(=O)[nH]c1=O)C(C)O)Oc1ccccc1. The Hall–Kier alpha value is -3.45. The molecule has 2 rings (SSSR count). The average Bonchev–Trinajstić information content (AvgIpc) is 2.87. The van der Waals surface area contributed by atoms with E-state index in [4.69, 9.17) is 24.1 Å². The molecule has 1 heterocycles.